The summed E-state index contributed by atoms with van der Waals surface area (Å²) in [5.74, 6) is -0.124. The van der Waals surface area contributed by atoms with Gasteiger partial charge in [0.05, 0.1) is 0 Å². The molecule has 3 rings (SSSR count). The Morgan fingerprint density at radius 3 is 2.29 bits per heavy atom. The minimum Gasteiger partial charge on any atom is -0.368 e. The normalized spacial score (nSPS) is 16.4. The molecule has 0 saturated carbocycles. The van der Waals surface area contributed by atoms with Crippen molar-refractivity contribution in [3.63, 3.8) is 0 Å². The van der Waals surface area contributed by atoms with Crippen molar-refractivity contribution in [2.45, 2.75) is 12.7 Å². The van der Waals surface area contributed by atoms with Crippen molar-refractivity contribution in [3.05, 3.63) is 47.7 Å². The summed E-state index contributed by atoms with van der Waals surface area (Å²) >= 11 is 0. The molecule has 0 unspecified atom stereocenters. The predicted octanol–water partition coefficient (Wildman–Crippen LogP) is 2.40. The number of nitrogens with two attached hydrogens (primary N) is 1. The first kappa shape index (κ1) is 16.5. The summed E-state index contributed by atoms with van der Waals surface area (Å²) in [6.07, 6.45) is -4.53. The number of piperazine rings is 1. The monoisotopic (exact) mass is 337 g/mol. The van der Waals surface area contributed by atoms with Crippen molar-refractivity contribution in [2.75, 3.05) is 36.8 Å². The Hall–Kier alpha value is -2.35. The number of nitrogen functional groups attached to an aromatic ring is 1. The summed E-state index contributed by atoms with van der Waals surface area (Å²) in [6.45, 7) is 3.52. The third-order valence-electron chi connectivity index (χ3n) is 3.97. The predicted molar refractivity (Wildman–Crippen MR) is 85.4 cm³/mol. The minimum absolute atomic E-state index is 0.231. The number of anilines is 2. The van der Waals surface area contributed by atoms with E-state index in [0.717, 1.165) is 25.7 Å². The molecule has 5 nitrogen and oxygen atoms in total. The molecule has 2 N–H and O–H groups in total. The van der Waals surface area contributed by atoms with Gasteiger partial charge in [-0.05, 0) is 5.56 Å². The molecule has 24 heavy (non-hydrogen) atoms. The van der Waals surface area contributed by atoms with E-state index in [2.05, 4.69) is 27.0 Å². The van der Waals surface area contributed by atoms with Gasteiger partial charge in [0.25, 0.3) is 0 Å². The number of hydrogen-bond donors (Lipinski definition) is 1. The maximum atomic E-state index is 12.8. The lowest BCUT2D eigenvalue weighted by Crippen LogP contribution is -2.46. The molecule has 8 heteroatoms. The molecular weight excluding hydrogens is 319 g/mol. The van der Waals surface area contributed by atoms with Crippen molar-refractivity contribution in [1.29, 1.82) is 0 Å². The lowest BCUT2D eigenvalue weighted by molar-refractivity contribution is -0.141. The zero-order chi connectivity index (χ0) is 17.2. The molecule has 1 aromatic carbocycles. The van der Waals surface area contributed by atoms with Crippen LogP contribution in [0.25, 0.3) is 0 Å². The number of nitrogens with zero attached hydrogens (tertiary/aromatic N) is 4. The van der Waals surface area contributed by atoms with Gasteiger partial charge in [0, 0.05) is 38.8 Å². The first-order chi connectivity index (χ1) is 11.4. The Balaban J connectivity index is 1.65. The fourth-order valence-electron chi connectivity index (χ4n) is 2.74. The largest absolute Gasteiger partial charge is 0.433 e. The number of hydrogen-bond acceptors (Lipinski definition) is 5. The summed E-state index contributed by atoms with van der Waals surface area (Å²) in [5, 5.41) is 0. The van der Waals surface area contributed by atoms with Gasteiger partial charge in [-0.1, -0.05) is 30.3 Å². The van der Waals surface area contributed by atoms with Gasteiger partial charge in [-0.3, -0.25) is 4.90 Å². The van der Waals surface area contributed by atoms with Gasteiger partial charge in [-0.15, -0.1) is 0 Å². The summed E-state index contributed by atoms with van der Waals surface area (Å²) in [5.41, 5.74) is 5.65. The van der Waals surface area contributed by atoms with E-state index in [1.54, 1.807) is 0 Å². The molecule has 0 spiro atoms. The molecule has 0 aliphatic carbocycles. The highest BCUT2D eigenvalue weighted by Crippen LogP contribution is 2.30. The Labute approximate surface area is 137 Å². The van der Waals surface area contributed by atoms with Crippen LogP contribution in [0.4, 0.5) is 24.9 Å². The van der Waals surface area contributed by atoms with Crippen LogP contribution < -0.4 is 10.6 Å². The summed E-state index contributed by atoms with van der Waals surface area (Å²) < 4.78 is 38.5. The van der Waals surface area contributed by atoms with Crippen LogP contribution in [-0.4, -0.2) is 41.0 Å². The van der Waals surface area contributed by atoms with Gasteiger partial charge in [0.15, 0.2) is 5.69 Å². The Morgan fingerprint density at radius 2 is 1.67 bits per heavy atom. The Morgan fingerprint density at radius 1 is 1.00 bits per heavy atom. The van der Waals surface area contributed by atoms with Crippen LogP contribution in [0.15, 0.2) is 36.4 Å². The molecule has 0 amide bonds. The average Bonchev–Trinajstić information content (AvgIpc) is 2.55. The van der Waals surface area contributed by atoms with Crippen molar-refractivity contribution >= 4 is 11.8 Å². The summed E-state index contributed by atoms with van der Waals surface area (Å²) in [4.78, 5) is 11.3. The zero-order valence-electron chi connectivity index (χ0n) is 13.0. The van der Waals surface area contributed by atoms with Crippen molar-refractivity contribution < 1.29 is 13.2 Å². The first-order valence-corrected chi connectivity index (χ1v) is 7.65. The van der Waals surface area contributed by atoms with E-state index in [4.69, 9.17) is 5.73 Å². The maximum absolute atomic E-state index is 12.8. The second-order valence-electron chi connectivity index (χ2n) is 5.72. The second kappa shape index (κ2) is 6.64. The Kier molecular flexibility index (Phi) is 4.57. The van der Waals surface area contributed by atoms with Crippen LogP contribution in [0.2, 0.25) is 0 Å². The molecule has 0 radical (unpaired) electrons. The van der Waals surface area contributed by atoms with E-state index in [1.165, 1.54) is 5.56 Å². The van der Waals surface area contributed by atoms with E-state index < -0.39 is 11.9 Å². The zero-order valence-corrected chi connectivity index (χ0v) is 13.0. The van der Waals surface area contributed by atoms with Crippen molar-refractivity contribution in [1.82, 2.24) is 14.9 Å². The highest BCUT2D eigenvalue weighted by Gasteiger charge is 2.34. The number of halogens is 3. The van der Waals surface area contributed by atoms with E-state index in [1.807, 2.05) is 23.1 Å². The van der Waals surface area contributed by atoms with Crippen LogP contribution in [0.3, 0.4) is 0 Å². The average molecular weight is 337 g/mol. The number of rotatable bonds is 3. The van der Waals surface area contributed by atoms with E-state index in [9.17, 15) is 13.2 Å². The van der Waals surface area contributed by atoms with Crippen LogP contribution in [0, 0.1) is 0 Å². The third-order valence-corrected chi connectivity index (χ3v) is 3.97. The summed E-state index contributed by atoms with van der Waals surface area (Å²) in [6, 6.07) is 11.0. The maximum Gasteiger partial charge on any atom is 0.433 e. The number of benzene rings is 1. The van der Waals surface area contributed by atoms with Crippen LogP contribution in [0.1, 0.15) is 11.3 Å². The molecule has 1 aliphatic rings. The first-order valence-electron chi connectivity index (χ1n) is 7.65. The standard InChI is InChI=1S/C16H18F3N5/c17-16(18,19)13-10-14(22-15(20)21-13)24-8-6-23(7-9-24)11-12-4-2-1-3-5-12/h1-5,10H,6-9,11H2,(H2,20,21,22). The molecule has 0 atom stereocenters. The number of aromatic nitrogens is 2. The van der Waals surface area contributed by atoms with Gasteiger partial charge in [0.1, 0.15) is 5.82 Å². The van der Waals surface area contributed by atoms with Gasteiger partial charge in [0.2, 0.25) is 5.95 Å². The molecule has 1 fully saturated rings. The highest BCUT2D eigenvalue weighted by molar-refractivity contribution is 5.44. The van der Waals surface area contributed by atoms with Gasteiger partial charge < -0.3 is 10.6 Å². The van der Waals surface area contributed by atoms with Gasteiger partial charge >= 0.3 is 6.18 Å². The quantitative estimate of drug-likeness (QED) is 0.932. The molecule has 1 aliphatic heterocycles. The third kappa shape index (κ3) is 3.94. The lowest BCUT2D eigenvalue weighted by Gasteiger charge is -2.35. The molecule has 1 saturated heterocycles. The minimum atomic E-state index is -4.53. The SMILES string of the molecule is Nc1nc(N2CCN(Cc3ccccc3)CC2)cc(C(F)(F)F)n1. The van der Waals surface area contributed by atoms with Crippen LogP contribution in [0.5, 0.6) is 0 Å². The summed E-state index contributed by atoms with van der Waals surface area (Å²) in [7, 11) is 0. The van der Waals surface area contributed by atoms with E-state index in [0.29, 0.717) is 13.1 Å². The van der Waals surface area contributed by atoms with E-state index in [-0.39, 0.29) is 11.8 Å². The molecule has 2 heterocycles. The topological polar surface area (TPSA) is 58.3 Å². The molecular formula is C16H18F3N5. The van der Waals surface area contributed by atoms with Crippen molar-refractivity contribution in [2.24, 2.45) is 0 Å². The van der Waals surface area contributed by atoms with Crippen LogP contribution >= 0.6 is 0 Å². The smallest absolute Gasteiger partial charge is 0.368 e. The molecule has 128 valence electrons. The lowest BCUT2D eigenvalue weighted by atomic mass is 10.2. The fraction of sp³-hybridized carbons (Fsp3) is 0.375. The molecule has 1 aromatic heterocycles. The van der Waals surface area contributed by atoms with E-state index >= 15 is 0 Å². The second-order valence-corrected chi connectivity index (χ2v) is 5.72. The van der Waals surface area contributed by atoms with Crippen molar-refractivity contribution in [3.8, 4) is 0 Å². The van der Waals surface area contributed by atoms with Crippen LogP contribution in [-0.2, 0) is 12.7 Å². The van der Waals surface area contributed by atoms with Gasteiger partial charge in [-0.25, -0.2) is 4.98 Å². The number of alkyl halides is 3. The Bertz CT molecular complexity index is 682. The van der Waals surface area contributed by atoms with Gasteiger partial charge in [-0.2, -0.15) is 18.2 Å². The molecule has 0 bridgehead atoms. The molecule has 2 aromatic rings. The fourth-order valence-corrected chi connectivity index (χ4v) is 2.74. The highest BCUT2D eigenvalue weighted by atomic mass is 19.4.